The molecule has 1 heterocycles. The summed E-state index contributed by atoms with van der Waals surface area (Å²) in [6.07, 6.45) is 0. The first kappa shape index (κ1) is 9.76. The molecule has 3 nitrogen and oxygen atoms in total. The number of methoxy groups -OCH3 is 1. The van der Waals surface area contributed by atoms with Crippen LogP contribution in [-0.4, -0.2) is 11.4 Å². The number of thiocarbonyl (C=S) groups is 1. The van der Waals surface area contributed by atoms with Crippen LogP contribution >= 0.6 is 24.0 Å². The molecular formula is C9H10N2OS2. The molecule has 0 spiro atoms. The van der Waals surface area contributed by atoms with Crippen LogP contribution in [-0.2, 0) is 0 Å². The molecule has 14 heavy (non-hydrogen) atoms. The van der Waals surface area contributed by atoms with Gasteiger partial charge in [0.25, 0.3) is 0 Å². The van der Waals surface area contributed by atoms with Gasteiger partial charge in [0.1, 0.15) is 15.4 Å². The summed E-state index contributed by atoms with van der Waals surface area (Å²) in [5, 5.41) is 0.202. The second-order valence-corrected chi connectivity index (χ2v) is 4.61. The van der Waals surface area contributed by atoms with E-state index in [-0.39, 0.29) is 5.37 Å². The molecule has 1 atom stereocenters. The minimum Gasteiger partial charge on any atom is -0.497 e. The number of ether oxygens (including phenoxy) is 1. The van der Waals surface area contributed by atoms with Crippen LogP contribution in [0.1, 0.15) is 10.9 Å². The first-order chi connectivity index (χ1) is 6.79. The Morgan fingerprint density at radius 3 is 2.57 bits per heavy atom. The zero-order valence-corrected chi connectivity index (χ0v) is 9.24. The Balaban J connectivity index is 2.13. The zero-order valence-electron chi connectivity index (χ0n) is 7.61. The van der Waals surface area contributed by atoms with Gasteiger partial charge < -0.3 is 10.2 Å². The average molecular weight is 226 g/mol. The number of rotatable bonds is 2. The van der Waals surface area contributed by atoms with E-state index in [1.165, 1.54) is 5.56 Å². The second kappa shape index (κ2) is 4.16. The molecule has 1 aromatic rings. The number of benzene rings is 1. The Morgan fingerprint density at radius 1 is 1.36 bits per heavy atom. The van der Waals surface area contributed by atoms with Crippen molar-refractivity contribution in [3.8, 4) is 5.75 Å². The average Bonchev–Trinajstić information content (AvgIpc) is 2.65. The van der Waals surface area contributed by atoms with E-state index in [4.69, 9.17) is 17.0 Å². The number of nitrogens with one attached hydrogen (secondary N) is 2. The van der Waals surface area contributed by atoms with Crippen molar-refractivity contribution in [3.63, 3.8) is 0 Å². The van der Waals surface area contributed by atoms with E-state index in [0.29, 0.717) is 0 Å². The first-order valence-corrected chi connectivity index (χ1v) is 5.44. The van der Waals surface area contributed by atoms with E-state index in [1.54, 1.807) is 18.9 Å². The maximum Gasteiger partial charge on any atom is 0.149 e. The molecule has 1 fully saturated rings. The fourth-order valence-electron chi connectivity index (χ4n) is 1.22. The highest BCUT2D eigenvalue weighted by atomic mass is 32.2. The molecule has 0 aliphatic carbocycles. The van der Waals surface area contributed by atoms with Crippen molar-refractivity contribution in [1.29, 1.82) is 0 Å². The van der Waals surface area contributed by atoms with Crippen LogP contribution < -0.4 is 15.6 Å². The maximum atomic E-state index is 5.08. The van der Waals surface area contributed by atoms with Gasteiger partial charge in [-0.3, -0.25) is 0 Å². The summed E-state index contributed by atoms with van der Waals surface area (Å²) in [4.78, 5) is 0. The Labute approximate surface area is 92.2 Å². The fraction of sp³-hybridized carbons (Fsp3) is 0.222. The van der Waals surface area contributed by atoms with Gasteiger partial charge in [-0.15, -0.1) is 0 Å². The van der Waals surface area contributed by atoms with Gasteiger partial charge in [0.05, 0.1) is 7.11 Å². The van der Waals surface area contributed by atoms with E-state index in [9.17, 15) is 0 Å². The summed E-state index contributed by atoms with van der Waals surface area (Å²) in [5.74, 6) is 0.868. The summed E-state index contributed by atoms with van der Waals surface area (Å²) >= 11 is 6.61. The van der Waals surface area contributed by atoms with E-state index in [0.717, 1.165) is 10.1 Å². The van der Waals surface area contributed by atoms with Gasteiger partial charge in [-0.05, 0) is 17.7 Å². The van der Waals surface area contributed by atoms with E-state index >= 15 is 0 Å². The number of hydrazine groups is 1. The Hall–Kier alpha value is -0.780. The van der Waals surface area contributed by atoms with Gasteiger partial charge in [-0.2, -0.15) is 0 Å². The molecule has 74 valence electrons. The Morgan fingerprint density at radius 2 is 2.07 bits per heavy atom. The highest BCUT2D eigenvalue weighted by Crippen LogP contribution is 2.30. The van der Waals surface area contributed by atoms with Crippen molar-refractivity contribution >= 4 is 28.3 Å². The molecule has 1 aliphatic rings. The van der Waals surface area contributed by atoms with Gasteiger partial charge in [-0.1, -0.05) is 36.1 Å². The SMILES string of the molecule is COc1ccc(C2NNC(=S)S2)cc1. The van der Waals surface area contributed by atoms with Gasteiger partial charge in [0.2, 0.25) is 0 Å². The van der Waals surface area contributed by atoms with Crippen LogP contribution in [0.25, 0.3) is 0 Å². The van der Waals surface area contributed by atoms with Crippen molar-refractivity contribution < 1.29 is 4.74 Å². The molecule has 1 aromatic carbocycles. The van der Waals surface area contributed by atoms with Crippen molar-refractivity contribution in [2.24, 2.45) is 0 Å². The summed E-state index contributed by atoms with van der Waals surface area (Å²) < 4.78 is 5.87. The van der Waals surface area contributed by atoms with Crippen LogP contribution in [0, 0.1) is 0 Å². The van der Waals surface area contributed by atoms with Crippen LogP contribution in [0.15, 0.2) is 24.3 Å². The third kappa shape index (κ3) is 2.00. The number of thioether (sulfide) groups is 1. The predicted molar refractivity (Wildman–Crippen MR) is 62.2 cm³/mol. The minimum atomic E-state index is 0.202. The lowest BCUT2D eigenvalue weighted by atomic mass is 10.2. The highest BCUT2D eigenvalue weighted by Gasteiger charge is 2.20. The Kier molecular flexibility index (Phi) is 2.90. The predicted octanol–water partition coefficient (Wildman–Crippen LogP) is 1.82. The topological polar surface area (TPSA) is 33.3 Å². The van der Waals surface area contributed by atoms with E-state index < -0.39 is 0 Å². The summed E-state index contributed by atoms with van der Waals surface area (Å²) in [6.45, 7) is 0. The largest absolute Gasteiger partial charge is 0.497 e. The summed E-state index contributed by atoms with van der Waals surface area (Å²) in [5.41, 5.74) is 7.18. The van der Waals surface area contributed by atoms with E-state index in [2.05, 4.69) is 10.9 Å². The van der Waals surface area contributed by atoms with Gasteiger partial charge >= 0.3 is 0 Å². The number of hydrogen-bond acceptors (Lipinski definition) is 4. The number of hydrogen-bond donors (Lipinski definition) is 2. The molecule has 0 radical (unpaired) electrons. The lowest BCUT2D eigenvalue weighted by molar-refractivity contribution is 0.414. The molecule has 1 unspecified atom stereocenters. The molecule has 5 heteroatoms. The maximum absolute atomic E-state index is 5.08. The van der Waals surface area contributed by atoms with Crippen molar-refractivity contribution in [1.82, 2.24) is 10.9 Å². The van der Waals surface area contributed by atoms with Crippen LogP contribution in [0.4, 0.5) is 0 Å². The quantitative estimate of drug-likeness (QED) is 0.752. The molecular weight excluding hydrogens is 216 g/mol. The fourth-order valence-corrected chi connectivity index (χ4v) is 2.31. The minimum absolute atomic E-state index is 0.202. The third-order valence-electron chi connectivity index (χ3n) is 1.95. The standard InChI is InChI=1S/C9H10N2OS2/c1-12-7-4-2-6(3-5-7)8-10-11-9(13)14-8/h2-5,8,10H,1H3,(H,11,13). The second-order valence-electron chi connectivity index (χ2n) is 2.83. The van der Waals surface area contributed by atoms with Crippen LogP contribution in [0.5, 0.6) is 5.75 Å². The lowest BCUT2D eigenvalue weighted by Gasteiger charge is -2.08. The molecule has 0 aromatic heterocycles. The highest BCUT2D eigenvalue weighted by molar-refractivity contribution is 8.23. The van der Waals surface area contributed by atoms with Crippen molar-refractivity contribution in [2.75, 3.05) is 7.11 Å². The smallest absolute Gasteiger partial charge is 0.149 e. The zero-order chi connectivity index (χ0) is 9.97. The van der Waals surface area contributed by atoms with Gasteiger partial charge in [0, 0.05) is 0 Å². The van der Waals surface area contributed by atoms with Gasteiger partial charge in [0.15, 0.2) is 0 Å². The monoisotopic (exact) mass is 226 g/mol. The molecule has 1 aliphatic heterocycles. The van der Waals surface area contributed by atoms with Crippen LogP contribution in [0.2, 0.25) is 0 Å². The van der Waals surface area contributed by atoms with Crippen molar-refractivity contribution in [2.45, 2.75) is 5.37 Å². The molecule has 0 saturated carbocycles. The third-order valence-corrected chi connectivity index (χ3v) is 3.28. The summed E-state index contributed by atoms with van der Waals surface area (Å²) in [6, 6.07) is 7.94. The lowest BCUT2D eigenvalue weighted by Crippen LogP contribution is -2.26. The molecule has 2 N–H and O–H groups in total. The van der Waals surface area contributed by atoms with Gasteiger partial charge in [-0.25, -0.2) is 5.43 Å². The first-order valence-electron chi connectivity index (χ1n) is 4.16. The van der Waals surface area contributed by atoms with Crippen LogP contribution in [0.3, 0.4) is 0 Å². The Bertz CT molecular complexity index is 339. The van der Waals surface area contributed by atoms with Crippen molar-refractivity contribution in [3.05, 3.63) is 29.8 Å². The summed E-state index contributed by atoms with van der Waals surface area (Å²) in [7, 11) is 1.66. The van der Waals surface area contributed by atoms with E-state index in [1.807, 2.05) is 24.3 Å². The molecule has 0 amide bonds. The normalized spacial score (nSPS) is 20.6. The molecule has 1 saturated heterocycles. The molecule has 0 bridgehead atoms. The molecule has 2 rings (SSSR count).